The smallest absolute Gasteiger partial charge is 0.315 e. The fourth-order valence-electron chi connectivity index (χ4n) is 2.40. The molecule has 110 valence electrons. The van der Waals surface area contributed by atoms with Gasteiger partial charge in [-0.3, -0.25) is 9.59 Å². The molecule has 1 fully saturated rings. The van der Waals surface area contributed by atoms with Gasteiger partial charge in [0.15, 0.2) is 0 Å². The molecule has 1 aliphatic carbocycles. The van der Waals surface area contributed by atoms with E-state index < -0.39 is 0 Å². The van der Waals surface area contributed by atoms with E-state index in [4.69, 9.17) is 4.74 Å². The molecule has 1 rings (SSSR count). The van der Waals surface area contributed by atoms with Crippen molar-refractivity contribution in [3.8, 4) is 0 Å². The first-order valence-corrected chi connectivity index (χ1v) is 8.15. The average molecular weight is 287 g/mol. The second-order valence-corrected chi connectivity index (χ2v) is 6.33. The highest BCUT2D eigenvalue weighted by Gasteiger charge is 2.26. The molecule has 5 heteroatoms. The predicted molar refractivity (Wildman–Crippen MR) is 78.2 cm³/mol. The monoisotopic (exact) mass is 287 g/mol. The minimum atomic E-state index is -0.243. The molecular formula is C14H25NO3S. The highest BCUT2D eigenvalue weighted by atomic mass is 32.2. The number of amides is 1. The van der Waals surface area contributed by atoms with E-state index in [-0.39, 0.29) is 22.9 Å². The maximum absolute atomic E-state index is 12.3. The van der Waals surface area contributed by atoms with E-state index in [2.05, 4.69) is 0 Å². The van der Waals surface area contributed by atoms with Gasteiger partial charge in [-0.2, -0.15) is 0 Å². The van der Waals surface area contributed by atoms with E-state index in [1.807, 2.05) is 18.9 Å². The first-order chi connectivity index (χ1) is 9.06. The lowest BCUT2D eigenvalue weighted by Crippen LogP contribution is -2.42. The van der Waals surface area contributed by atoms with E-state index in [1.54, 1.807) is 6.92 Å². The predicted octanol–water partition coefficient (Wildman–Crippen LogP) is 2.46. The van der Waals surface area contributed by atoms with Gasteiger partial charge >= 0.3 is 5.97 Å². The van der Waals surface area contributed by atoms with Gasteiger partial charge in [-0.1, -0.05) is 19.3 Å². The lowest BCUT2D eigenvalue weighted by atomic mass is 9.94. The van der Waals surface area contributed by atoms with Crippen LogP contribution in [-0.4, -0.2) is 47.5 Å². The minimum absolute atomic E-state index is 0.126. The van der Waals surface area contributed by atoms with Crippen LogP contribution in [0.15, 0.2) is 0 Å². The second kappa shape index (κ2) is 8.46. The lowest BCUT2D eigenvalue weighted by Gasteiger charge is -2.32. The molecule has 1 atom stereocenters. The molecule has 0 saturated heterocycles. The molecule has 1 saturated carbocycles. The zero-order valence-electron chi connectivity index (χ0n) is 12.2. The highest BCUT2D eigenvalue weighted by molar-refractivity contribution is 8.01. The van der Waals surface area contributed by atoms with E-state index in [0.29, 0.717) is 12.6 Å². The fourth-order valence-corrected chi connectivity index (χ4v) is 3.18. The van der Waals surface area contributed by atoms with Crippen molar-refractivity contribution >= 4 is 23.6 Å². The molecule has 1 aliphatic rings. The summed E-state index contributed by atoms with van der Waals surface area (Å²) < 4.78 is 4.86. The number of hydrogen-bond acceptors (Lipinski definition) is 4. The Morgan fingerprint density at radius 2 is 1.95 bits per heavy atom. The minimum Gasteiger partial charge on any atom is -0.465 e. The van der Waals surface area contributed by atoms with Gasteiger partial charge in [0.2, 0.25) is 5.91 Å². The van der Waals surface area contributed by atoms with E-state index in [0.717, 1.165) is 12.8 Å². The number of thioether (sulfide) groups is 1. The van der Waals surface area contributed by atoms with E-state index in [1.165, 1.54) is 31.0 Å². The van der Waals surface area contributed by atoms with Gasteiger partial charge in [0.1, 0.15) is 0 Å². The van der Waals surface area contributed by atoms with Gasteiger partial charge in [-0.15, -0.1) is 11.8 Å². The molecule has 0 N–H and O–H groups in total. The molecule has 0 radical (unpaired) electrons. The SMILES string of the molecule is CCOC(=O)CSC(C)C(=O)N(C)C1CCCCC1. The number of hydrogen-bond donors (Lipinski definition) is 0. The lowest BCUT2D eigenvalue weighted by molar-refractivity contribution is -0.139. The molecule has 0 heterocycles. The van der Waals surface area contributed by atoms with Crippen molar-refractivity contribution < 1.29 is 14.3 Å². The molecule has 1 amide bonds. The molecule has 0 aliphatic heterocycles. The van der Waals surface area contributed by atoms with E-state index in [9.17, 15) is 9.59 Å². The Hall–Kier alpha value is -0.710. The van der Waals surface area contributed by atoms with Crippen LogP contribution < -0.4 is 0 Å². The maximum atomic E-state index is 12.3. The summed E-state index contributed by atoms with van der Waals surface area (Å²) in [6.07, 6.45) is 5.93. The third kappa shape index (κ3) is 5.43. The summed E-state index contributed by atoms with van der Waals surface area (Å²) in [5.41, 5.74) is 0. The Morgan fingerprint density at radius 1 is 1.32 bits per heavy atom. The van der Waals surface area contributed by atoms with E-state index >= 15 is 0 Å². The van der Waals surface area contributed by atoms with Gasteiger partial charge in [0.05, 0.1) is 17.6 Å². The standard InChI is InChI=1S/C14H25NO3S/c1-4-18-13(16)10-19-11(2)14(17)15(3)12-8-6-5-7-9-12/h11-12H,4-10H2,1-3H3. The van der Waals surface area contributed by atoms with Crippen molar-refractivity contribution in [2.24, 2.45) is 0 Å². The summed E-state index contributed by atoms with van der Waals surface area (Å²) in [6, 6.07) is 0.381. The van der Waals surface area contributed by atoms with Gasteiger partial charge < -0.3 is 9.64 Å². The van der Waals surface area contributed by atoms with Crippen molar-refractivity contribution in [3.63, 3.8) is 0 Å². The Bertz CT molecular complexity index is 303. The van der Waals surface area contributed by atoms with Crippen LogP contribution in [0.3, 0.4) is 0 Å². The summed E-state index contributed by atoms with van der Waals surface area (Å²) in [7, 11) is 1.89. The number of rotatable bonds is 6. The molecule has 19 heavy (non-hydrogen) atoms. The first-order valence-electron chi connectivity index (χ1n) is 7.10. The molecule has 1 unspecified atom stereocenters. The van der Waals surface area contributed by atoms with Crippen LogP contribution in [0, 0.1) is 0 Å². The number of carbonyl (C=O) groups is 2. The Kier molecular flexibility index (Phi) is 7.28. The van der Waals surface area contributed by atoms with Gasteiger partial charge in [-0.25, -0.2) is 0 Å². The number of carbonyl (C=O) groups excluding carboxylic acids is 2. The largest absolute Gasteiger partial charge is 0.465 e. The molecular weight excluding hydrogens is 262 g/mol. The van der Waals surface area contributed by atoms with Crippen LogP contribution in [0.25, 0.3) is 0 Å². The molecule has 0 spiro atoms. The van der Waals surface area contributed by atoms with Crippen LogP contribution in [0.2, 0.25) is 0 Å². The first kappa shape index (κ1) is 16.3. The molecule has 0 aromatic carbocycles. The molecule has 0 aromatic heterocycles. The van der Waals surface area contributed by atoms with Crippen molar-refractivity contribution in [2.75, 3.05) is 19.4 Å². The topological polar surface area (TPSA) is 46.6 Å². The summed E-state index contributed by atoms with van der Waals surface area (Å²) >= 11 is 1.36. The fraction of sp³-hybridized carbons (Fsp3) is 0.857. The van der Waals surface area contributed by atoms with Crippen LogP contribution in [0.5, 0.6) is 0 Å². The molecule has 0 bridgehead atoms. The molecule has 4 nitrogen and oxygen atoms in total. The van der Waals surface area contributed by atoms with Gasteiger partial charge in [-0.05, 0) is 26.7 Å². The molecule has 0 aromatic rings. The van der Waals surface area contributed by atoms with Crippen LogP contribution in [-0.2, 0) is 14.3 Å². The van der Waals surface area contributed by atoms with Crippen LogP contribution in [0.4, 0.5) is 0 Å². The Labute approximate surface area is 120 Å². The maximum Gasteiger partial charge on any atom is 0.315 e. The third-order valence-electron chi connectivity index (χ3n) is 3.57. The van der Waals surface area contributed by atoms with Crippen LogP contribution >= 0.6 is 11.8 Å². The Morgan fingerprint density at radius 3 is 2.53 bits per heavy atom. The number of ether oxygens (including phenoxy) is 1. The summed E-state index contributed by atoms with van der Waals surface area (Å²) in [5.74, 6) is 0.132. The zero-order valence-corrected chi connectivity index (χ0v) is 13.0. The van der Waals surface area contributed by atoms with Crippen molar-refractivity contribution in [1.29, 1.82) is 0 Å². The van der Waals surface area contributed by atoms with Crippen molar-refractivity contribution in [1.82, 2.24) is 4.90 Å². The van der Waals surface area contributed by atoms with Crippen LogP contribution in [0.1, 0.15) is 46.0 Å². The van der Waals surface area contributed by atoms with Gasteiger partial charge in [0.25, 0.3) is 0 Å². The number of esters is 1. The Balaban J connectivity index is 2.35. The zero-order chi connectivity index (χ0) is 14.3. The number of nitrogens with zero attached hydrogens (tertiary/aromatic N) is 1. The quantitative estimate of drug-likeness (QED) is 0.704. The van der Waals surface area contributed by atoms with Gasteiger partial charge in [0, 0.05) is 13.1 Å². The average Bonchev–Trinajstić information content (AvgIpc) is 2.44. The summed E-state index contributed by atoms with van der Waals surface area (Å²) in [5, 5.41) is -0.184. The summed E-state index contributed by atoms with van der Waals surface area (Å²) in [6.45, 7) is 4.04. The normalized spacial score (nSPS) is 17.8. The van der Waals surface area contributed by atoms with Crippen molar-refractivity contribution in [3.05, 3.63) is 0 Å². The highest BCUT2D eigenvalue weighted by Crippen LogP contribution is 2.23. The third-order valence-corrected chi connectivity index (χ3v) is 4.68. The van der Waals surface area contributed by atoms with Crippen molar-refractivity contribution in [2.45, 2.75) is 57.2 Å². The summed E-state index contributed by atoms with van der Waals surface area (Å²) in [4.78, 5) is 25.4. The second-order valence-electron chi connectivity index (χ2n) is 5.00.